The third-order valence-electron chi connectivity index (χ3n) is 4.95. The summed E-state index contributed by atoms with van der Waals surface area (Å²) in [5, 5.41) is 0. The van der Waals surface area contributed by atoms with Gasteiger partial charge in [-0.15, -0.1) is 0 Å². The van der Waals surface area contributed by atoms with Crippen LogP contribution in [0.4, 0.5) is 0 Å². The van der Waals surface area contributed by atoms with Crippen molar-refractivity contribution in [1.82, 2.24) is 0 Å². The number of esters is 2. The Balaban J connectivity index is 2.01. The molecular weight excluding hydrogens is 340 g/mol. The molecule has 4 nitrogen and oxygen atoms in total. The van der Waals surface area contributed by atoms with Crippen molar-refractivity contribution in [2.45, 2.75) is 19.8 Å². The van der Waals surface area contributed by atoms with E-state index in [1.807, 2.05) is 72.8 Å². The molecule has 0 amide bonds. The molecule has 1 aliphatic carbocycles. The molecule has 4 heteroatoms. The minimum Gasteiger partial charge on any atom is -0.465 e. The minimum atomic E-state index is -1.32. The van der Waals surface area contributed by atoms with Gasteiger partial charge in [-0.05, 0) is 25.0 Å². The van der Waals surface area contributed by atoms with E-state index in [9.17, 15) is 9.59 Å². The molecule has 0 radical (unpaired) electrons. The van der Waals surface area contributed by atoms with Crippen LogP contribution in [0.25, 0.3) is 6.08 Å². The van der Waals surface area contributed by atoms with Gasteiger partial charge in [0.25, 0.3) is 0 Å². The number of carbonyl (C=O) groups excluding carboxylic acids is 2. The highest BCUT2D eigenvalue weighted by molar-refractivity contribution is 6.06. The maximum absolute atomic E-state index is 12.9. The molecule has 0 spiro atoms. The largest absolute Gasteiger partial charge is 0.465 e. The molecule has 0 N–H and O–H groups in total. The fourth-order valence-electron chi connectivity index (χ4n) is 3.70. The lowest BCUT2D eigenvalue weighted by molar-refractivity contribution is -0.165. The van der Waals surface area contributed by atoms with Crippen molar-refractivity contribution >= 4 is 18.0 Å². The predicted molar refractivity (Wildman–Crippen MR) is 104 cm³/mol. The first kappa shape index (κ1) is 18.9. The Labute approximate surface area is 159 Å². The van der Waals surface area contributed by atoms with Crippen molar-refractivity contribution in [3.05, 3.63) is 77.9 Å². The lowest BCUT2D eigenvalue weighted by atomic mass is 9.98. The average molecular weight is 364 g/mol. The van der Waals surface area contributed by atoms with Gasteiger partial charge in [0.05, 0.1) is 13.2 Å². The standard InChI is InChI=1S/C23H24O4/c1-3-26-21(24)23(22(25)27-4-2)19(16-15-17-11-7-5-8-12-17)20(23)18-13-9-6-10-14-18/h5-16,19-20H,3-4H2,1-2H3/b16-15+/t19-,20-/m0/s1. The first-order valence-corrected chi connectivity index (χ1v) is 9.28. The van der Waals surface area contributed by atoms with Gasteiger partial charge in [-0.25, -0.2) is 0 Å². The summed E-state index contributed by atoms with van der Waals surface area (Å²) in [4.78, 5) is 25.8. The molecule has 2 atom stereocenters. The molecule has 3 rings (SSSR count). The Morgan fingerprint density at radius 3 is 1.93 bits per heavy atom. The molecule has 1 saturated carbocycles. The maximum Gasteiger partial charge on any atom is 0.324 e. The van der Waals surface area contributed by atoms with E-state index in [1.165, 1.54) is 0 Å². The second-order valence-electron chi connectivity index (χ2n) is 6.49. The minimum absolute atomic E-state index is 0.219. The summed E-state index contributed by atoms with van der Waals surface area (Å²) in [6.45, 7) is 3.92. The molecule has 0 bridgehead atoms. The van der Waals surface area contributed by atoms with Crippen molar-refractivity contribution < 1.29 is 19.1 Å². The van der Waals surface area contributed by atoms with Gasteiger partial charge in [0.1, 0.15) is 0 Å². The zero-order valence-electron chi connectivity index (χ0n) is 15.6. The van der Waals surface area contributed by atoms with E-state index in [4.69, 9.17) is 9.47 Å². The van der Waals surface area contributed by atoms with Crippen molar-refractivity contribution in [1.29, 1.82) is 0 Å². The van der Waals surface area contributed by atoms with Gasteiger partial charge >= 0.3 is 11.9 Å². The van der Waals surface area contributed by atoms with Crippen molar-refractivity contribution in [3.63, 3.8) is 0 Å². The van der Waals surface area contributed by atoms with Crippen LogP contribution in [-0.4, -0.2) is 25.2 Å². The summed E-state index contributed by atoms with van der Waals surface area (Å²) in [7, 11) is 0. The van der Waals surface area contributed by atoms with Crippen LogP contribution < -0.4 is 0 Å². The second-order valence-corrected chi connectivity index (χ2v) is 6.49. The number of carbonyl (C=O) groups is 2. The zero-order chi connectivity index (χ0) is 19.3. The van der Waals surface area contributed by atoms with Crippen molar-refractivity contribution in [2.75, 3.05) is 13.2 Å². The molecule has 2 aromatic rings. The molecule has 0 heterocycles. The normalized spacial score (nSPS) is 20.2. The van der Waals surface area contributed by atoms with Gasteiger partial charge in [-0.1, -0.05) is 72.8 Å². The molecule has 1 aliphatic rings. The van der Waals surface area contributed by atoms with Gasteiger partial charge in [0, 0.05) is 11.8 Å². The number of benzene rings is 2. The Morgan fingerprint density at radius 1 is 0.889 bits per heavy atom. The summed E-state index contributed by atoms with van der Waals surface area (Å²) >= 11 is 0. The van der Waals surface area contributed by atoms with Crippen molar-refractivity contribution in [2.24, 2.45) is 11.3 Å². The molecule has 0 saturated heterocycles. The molecule has 0 aliphatic heterocycles. The first-order valence-electron chi connectivity index (χ1n) is 9.28. The molecule has 1 fully saturated rings. The molecule has 2 aromatic carbocycles. The van der Waals surface area contributed by atoms with Gasteiger partial charge < -0.3 is 9.47 Å². The Kier molecular flexibility index (Phi) is 5.75. The molecular formula is C23H24O4. The Morgan fingerprint density at radius 2 is 1.41 bits per heavy atom. The smallest absolute Gasteiger partial charge is 0.324 e. The van der Waals surface area contributed by atoms with E-state index in [2.05, 4.69) is 0 Å². The summed E-state index contributed by atoms with van der Waals surface area (Å²) < 4.78 is 10.6. The average Bonchev–Trinajstić information content (AvgIpc) is 3.38. The van der Waals surface area contributed by atoms with Gasteiger partial charge in [0.15, 0.2) is 5.41 Å². The van der Waals surface area contributed by atoms with Crippen LogP contribution in [-0.2, 0) is 19.1 Å². The first-order chi connectivity index (χ1) is 13.2. The summed E-state index contributed by atoms with van der Waals surface area (Å²) in [6.07, 6.45) is 3.88. The highest BCUT2D eigenvalue weighted by Crippen LogP contribution is 2.67. The Bertz CT molecular complexity index is 793. The lowest BCUT2D eigenvalue weighted by Crippen LogP contribution is -2.33. The van der Waals surface area contributed by atoms with Crippen molar-refractivity contribution in [3.8, 4) is 0 Å². The van der Waals surface area contributed by atoms with E-state index in [0.717, 1.165) is 11.1 Å². The fourth-order valence-corrected chi connectivity index (χ4v) is 3.70. The van der Waals surface area contributed by atoms with Crippen LogP contribution in [0.5, 0.6) is 0 Å². The van der Waals surface area contributed by atoms with Crippen LogP contribution in [0.2, 0.25) is 0 Å². The predicted octanol–water partition coefficient (Wildman–Crippen LogP) is 4.23. The molecule has 27 heavy (non-hydrogen) atoms. The van der Waals surface area contributed by atoms with Crippen LogP contribution >= 0.6 is 0 Å². The molecule has 0 unspecified atom stereocenters. The van der Waals surface area contributed by atoms with E-state index >= 15 is 0 Å². The lowest BCUT2D eigenvalue weighted by Gasteiger charge is -2.15. The third kappa shape index (κ3) is 3.52. The SMILES string of the molecule is CCOC(=O)C1(C(=O)OCC)[C@@H](/C=C/c2ccccc2)[C@@H]1c1ccccc1. The number of hydrogen-bond donors (Lipinski definition) is 0. The van der Waals surface area contributed by atoms with Gasteiger partial charge in [0.2, 0.25) is 0 Å². The fraction of sp³-hybridized carbons (Fsp3) is 0.304. The van der Waals surface area contributed by atoms with Gasteiger partial charge in [-0.3, -0.25) is 9.59 Å². The number of hydrogen-bond acceptors (Lipinski definition) is 4. The number of ether oxygens (including phenoxy) is 2. The van der Waals surface area contributed by atoms with Crippen LogP contribution in [0.3, 0.4) is 0 Å². The van der Waals surface area contributed by atoms with Crippen LogP contribution in [0, 0.1) is 11.3 Å². The number of rotatable bonds is 7. The van der Waals surface area contributed by atoms with E-state index < -0.39 is 17.4 Å². The van der Waals surface area contributed by atoms with Crippen LogP contribution in [0.1, 0.15) is 30.9 Å². The topological polar surface area (TPSA) is 52.6 Å². The highest BCUT2D eigenvalue weighted by atomic mass is 16.6. The number of allylic oxidation sites excluding steroid dienone is 1. The zero-order valence-corrected chi connectivity index (χ0v) is 15.6. The summed E-state index contributed by atoms with van der Waals surface area (Å²) in [5.74, 6) is -1.63. The third-order valence-corrected chi connectivity index (χ3v) is 4.95. The molecule has 0 aromatic heterocycles. The summed E-state index contributed by atoms with van der Waals surface area (Å²) in [5.41, 5.74) is 0.623. The summed E-state index contributed by atoms with van der Waals surface area (Å²) in [6, 6.07) is 19.4. The monoisotopic (exact) mass is 364 g/mol. The van der Waals surface area contributed by atoms with Crippen LogP contribution in [0.15, 0.2) is 66.7 Å². The second kappa shape index (κ2) is 8.21. The quantitative estimate of drug-likeness (QED) is 0.545. The highest BCUT2D eigenvalue weighted by Gasteiger charge is 2.75. The Hall–Kier alpha value is -2.88. The maximum atomic E-state index is 12.9. The van der Waals surface area contributed by atoms with E-state index in [1.54, 1.807) is 13.8 Å². The van der Waals surface area contributed by atoms with E-state index in [-0.39, 0.29) is 25.0 Å². The molecule has 140 valence electrons. The van der Waals surface area contributed by atoms with Gasteiger partial charge in [-0.2, -0.15) is 0 Å². The van der Waals surface area contributed by atoms with E-state index in [0.29, 0.717) is 0 Å².